The monoisotopic (exact) mass is 411 g/mol. The number of hydrogen-bond acceptors (Lipinski definition) is 7. The van der Waals surface area contributed by atoms with Gasteiger partial charge >= 0.3 is 0 Å². The van der Waals surface area contributed by atoms with Gasteiger partial charge in [-0.15, -0.1) is 11.3 Å². The molecule has 0 atom stereocenters. The summed E-state index contributed by atoms with van der Waals surface area (Å²) in [6.45, 7) is 11.3. The average Bonchev–Trinajstić information content (AvgIpc) is 3.12. The van der Waals surface area contributed by atoms with Gasteiger partial charge < -0.3 is 5.32 Å². The van der Waals surface area contributed by atoms with Crippen LogP contribution in [0.5, 0.6) is 0 Å². The van der Waals surface area contributed by atoms with E-state index in [1.165, 1.54) is 29.5 Å². The lowest BCUT2D eigenvalue weighted by Gasteiger charge is -2.26. The Kier molecular flexibility index (Phi) is 5.77. The predicted octanol–water partition coefficient (Wildman–Crippen LogP) is 2.64. The van der Waals surface area contributed by atoms with E-state index in [9.17, 15) is 8.42 Å². The first-order valence-corrected chi connectivity index (χ1v) is 12.0. The van der Waals surface area contributed by atoms with E-state index in [0.29, 0.717) is 6.54 Å². The van der Waals surface area contributed by atoms with Crippen LogP contribution in [0, 0.1) is 13.8 Å². The minimum Gasteiger partial charge on any atom is -0.368 e. The molecular formula is C18H29N5O2S2. The van der Waals surface area contributed by atoms with Crippen molar-refractivity contribution in [2.75, 3.05) is 31.2 Å². The van der Waals surface area contributed by atoms with E-state index in [4.69, 9.17) is 9.97 Å². The smallest absolute Gasteiger partial charge is 0.209 e. The molecule has 27 heavy (non-hydrogen) atoms. The number of nitrogens with one attached hydrogen (secondary N) is 2. The van der Waals surface area contributed by atoms with E-state index < -0.39 is 15.6 Å². The van der Waals surface area contributed by atoms with Gasteiger partial charge in [0, 0.05) is 17.0 Å². The van der Waals surface area contributed by atoms with Crippen molar-refractivity contribution in [3.05, 3.63) is 16.3 Å². The zero-order chi connectivity index (χ0) is 19.8. The Morgan fingerprint density at radius 3 is 2.48 bits per heavy atom. The molecule has 0 amide bonds. The number of anilines is 1. The van der Waals surface area contributed by atoms with Crippen molar-refractivity contribution in [2.24, 2.45) is 0 Å². The number of aromatic nitrogens is 2. The van der Waals surface area contributed by atoms with Crippen LogP contribution in [-0.2, 0) is 16.6 Å². The van der Waals surface area contributed by atoms with Gasteiger partial charge in [-0.3, -0.25) is 4.90 Å². The molecule has 0 unspecified atom stereocenters. The zero-order valence-corrected chi connectivity index (χ0v) is 18.4. The second-order valence-corrected chi connectivity index (χ2v) is 11.0. The number of thiophene rings is 1. The van der Waals surface area contributed by atoms with Gasteiger partial charge in [0.25, 0.3) is 0 Å². The van der Waals surface area contributed by atoms with Gasteiger partial charge in [0.15, 0.2) is 0 Å². The molecule has 0 bridgehead atoms. The number of fused-ring (bicyclic) bond motifs is 1. The second kappa shape index (κ2) is 7.62. The Balaban J connectivity index is 1.89. The van der Waals surface area contributed by atoms with Gasteiger partial charge in [-0.2, -0.15) is 0 Å². The van der Waals surface area contributed by atoms with Gasteiger partial charge in [-0.1, -0.05) is 0 Å². The highest BCUT2D eigenvalue weighted by molar-refractivity contribution is 7.88. The molecular weight excluding hydrogens is 382 g/mol. The van der Waals surface area contributed by atoms with Crippen molar-refractivity contribution < 1.29 is 8.42 Å². The topological polar surface area (TPSA) is 87.2 Å². The lowest BCUT2D eigenvalue weighted by atomic mass is 10.1. The van der Waals surface area contributed by atoms with Crippen molar-refractivity contribution in [1.29, 1.82) is 0 Å². The Bertz CT molecular complexity index is 931. The fraction of sp³-hybridized carbons (Fsp3) is 0.667. The SMILES string of the molecule is Cc1sc2nc(CN3CCCC3)nc(NCC(C)(C)NS(C)(=O)=O)c2c1C. The van der Waals surface area contributed by atoms with Crippen LogP contribution in [0.2, 0.25) is 0 Å². The fourth-order valence-electron chi connectivity index (χ4n) is 3.48. The Hall–Kier alpha value is -1.29. The molecule has 1 fully saturated rings. The average molecular weight is 412 g/mol. The molecule has 2 aromatic rings. The van der Waals surface area contributed by atoms with Crippen molar-refractivity contribution in [3.8, 4) is 0 Å². The summed E-state index contributed by atoms with van der Waals surface area (Å²) in [4.78, 5) is 14.2. The first kappa shape index (κ1) is 20.4. The maximum Gasteiger partial charge on any atom is 0.209 e. The quantitative estimate of drug-likeness (QED) is 0.728. The number of nitrogens with zero attached hydrogens (tertiary/aromatic N) is 3. The first-order valence-electron chi connectivity index (χ1n) is 9.26. The standard InChI is InChI=1S/C18H29N5O2S2/c1-12-13(2)26-17-15(12)16(19-11-18(3,4)22-27(5,24)25)20-14(21-17)10-23-8-6-7-9-23/h22H,6-11H2,1-5H3,(H,19,20,21). The van der Waals surface area contributed by atoms with E-state index in [0.717, 1.165) is 41.5 Å². The highest BCUT2D eigenvalue weighted by Gasteiger charge is 2.24. The zero-order valence-electron chi connectivity index (χ0n) is 16.7. The molecule has 3 heterocycles. The maximum atomic E-state index is 11.6. The second-order valence-electron chi connectivity index (χ2n) is 8.05. The van der Waals surface area contributed by atoms with Gasteiger partial charge in [-0.25, -0.2) is 23.1 Å². The molecule has 150 valence electrons. The number of rotatable bonds is 7. The van der Waals surface area contributed by atoms with Crippen LogP contribution in [0.4, 0.5) is 5.82 Å². The molecule has 7 nitrogen and oxygen atoms in total. The van der Waals surface area contributed by atoms with E-state index in [1.807, 2.05) is 13.8 Å². The molecule has 0 aromatic carbocycles. The van der Waals surface area contributed by atoms with Crippen molar-refractivity contribution in [2.45, 2.75) is 52.6 Å². The van der Waals surface area contributed by atoms with Gasteiger partial charge in [0.05, 0.1) is 18.2 Å². The Labute approximate surface area is 165 Å². The number of aryl methyl sites for hydroxylation is 2. The molecule has 1 aliphatic rings. The summed E-state index contributed by atoms with van der Waals surface area (Å²) in [5.74, 6) is 1.61. The van der Waals surface area contributed by atoms with E-state index in [-0.39, 0.29) is 0 Å². The minimum atomic E-state index is -3.28. The summed E-state index contributed by atoms with van der Waals surface area (Å²) in [6.07, 6.45) is 3.64. The summed E-state index contributed by atoms with van der Waals surface area (Å²) < 4.78 is 25.9. The lowest BCUT2D eigenvalue weighted by Crippen LogP contribution is -2.47. The summed E-state index contributed by atoms with van der Waals surface area (Å²) in [5, 5.41) is 4.42. The molecule has 2 aromatic heterocycles. The third kappa shape index (κ3) is 5.16. The van der Waals surface area contributed by atoms with Gasteiger partial charge in [0.1, 0.15) is 16.5 Å². The largest absolute Gasteiger partial charge is 0.368 e. The predicted molar refractivity (Wildman–Crippen MR) is 112 cm³/mol. The number of sulfonamides is 1. The van der Waals surface area contributed by atoms with E-state index >= 15 is 0 Å². The van der Waals surface area contributed by atoms with E-state index in [2.05, 4.69) is 28.8 Å². The van der Waals surface area contributed by atoms with Crippen LogP contribution in [0.25, 0.3) is 10.2 Å². The van der Waals surface area contributed by atoms with Gasteiger partial charge in [0.2, 0.25) is 10.0 Å². The highest BCUT2D eigenvalue weighted by Crippen LogP contribution is 2.33. The molecule has 1 saturated heterocycles. The van der Waals surface area contributed by atoms with Crippen LogP contribution < -0.4 is 10.0 Å². The maximum absolute atomic E-state index is 11.6. The van der Waals surface area contributed by atoms with Crippen molar-refractivity contribution in [3.63, 3.8) is 0 Å². The summed E-state index contributed by atoms with van der Waals surface area (Å²) in [7, 11) is -3.28. The van der Waals surface area contributed by atoms with Crippen LogP contribution >= 0.6 is 11.3 Å². The van der Waals surface area contributed by atoms with Crippen LogP contribution in [0.1, 0.15) is 43.0 Å². The minimum absolute atomic E-state index is 0.434. The fourth-order valence-corrected chi connectivity index (χ4v) is 5.60. The summed E-state index contributed by atoms with van der Waals surface area (Å²) in [5.41, 5.74) is 0.554. The van der Waals surface area contributed by atoms with Crippen molar-refractivity contribution in [1.82, 2.24) is 19.6 Å². The van der Waals surface area contributed by atoms with Crippen molar-refractivity contribution >= 4 is 37.4 Å². The lowest BCUT2D eigenvalue weighted by molar-refractivity contribution is 0.323. The third-order valence-corrected chi connectivity index (χ3v) is 6.82. The van der Waals surface area contributed by atoms with Crippen LogP contribution in [-0.4, -0.2) is 54.7 Å². The molecule has 9 heteroatoms. The highest BCUT2D eigenvalue weighted by atomic mass is 32.2. The number of hydrogen-bond donors (Lipinski definition) is 2. The van der Waals surface area contributed by atoms with Crippen LogP contribution in [0.3, 0.4) is 0 Å². The van der Waals surface area contributed by atoms with Gasteiger partial charge in [-0.05, 0) is 59.2 Å². The molecule has 2 N–H and O–H groups in total. The van der Waals surface area contributed by atoms with E-state index in [1.54, 1.807) is 11.3 Å². The molecule has 0 saturated carbocycles. The number of likely N-dealkylation sites (tertiary alicyclic amines) is 1. The summed E-state index contributed by atoms with van der Waals surface area (Å²) >= 11 is 1.69. The Morgan fingerprint density at radius 2 is 1.85 bits per heavy atom. The molecule has 0 radical (unpaired) electrons. The molecule has 1 aliphatic heterocycles. The summed E-state index contributed by atoms with van der Waals surface area (Å²) in [6, 6.07) is 0. The normalized spacial score (nSPS) is 16.3. The van der Waals surface area contributed by atoms with Crippen LogP contribution in [0.15, 0.2) is 0 Å². The third-order valence-electron chi connectivity index (χ3n) is 4.80. The Morgan fingerprint density at radius 1 is 1.19 bits per heavy atom. The molecule has 0 spiro atoms. The molecule has 0 aliphatic carbocycles. The first-order chi connectivity index (χ1) is 12.5. The molecule has 3 rings (SSSR count).